The fraction of sp³-hybridized carbons (Fsp3) is 0.400. The van der Waals surface area contributed by atoms with Gasteiger partial charge in [0.05, 0.1) is 15.8 Å². The van der Waals surface area contributed by atoms with Gasteiger partial charge in [0.1, 0.15) is 0 Å². The van der Waals surface area contributed by atoms with E-state index in [-0.39, 0.29) is 5.25 Å². The second-order valence-electron chi connectivity index (χ2n) is 11.3. The molecule has 0 radical (unpaired) electrons. The van der Waals surface area contributed by atoms with Crippen molar-refractivity contribution in [3.05, 3.63) is 65.9 Å². The van der Waals surface area contributed by atoms with Gasteiger partial charge in [-0.1, -0.05) is 30.3 Å². The Morgan fingerprint density at radius 3 is 2.35 bits per heavy atom. The maximum atomic E-state index is 12.6. The van der Waals surface area contributed by atoms with E-state index >= 15 is 0 Å². The molecule has 2 aliphatic carbocycles. The molecular formula is C30H32N4O2S. The molecule has 1 saturated heterocycles. The molecule has 4 aromatic rings. The van der Waals surface area contributed by atoms with E-state index < -0.39 is 9.84 Å². The Bertz CT molecular complexity index is 1600. The molecule has 7 rings (SSSR count). The molecule has 3 heterocycles. The lowest BCUT2D eigenvalue weighted by atomic mass is 9.87. The van der Waals surface area contributed by atoms with Gasteiger partial charge in [-0.3, -0.25) is 10.00 Å². The van der Waals surface area contributed by atoms with Gasteiger partial charge in [0.2, 0.25) is 0 Å². The first-order valence-corrected chi connectivity index (χ1v) is 15.0. The number of hydrogen-bond acceptors (Lipinski definition) is 5. The number of aryl methyl sites for hydroxylation is 2. The van der Waals surface area contributed by atoms with E-state index in [1.54, 1.807) is 12.1 Å². The van der Waals surface area contributed by atoms with Crippen molar-refractivity contribution in [2.45, 2.75) is 67.6 Å². The fourth-order valence-electron chi connectivity index (χ4n) is 6.05. The summed E-state index contributed by atoms with van der Waals surface area (Å²) in [5.41, 5.74) is 7.93. The number of rotatable bonds is 5. The van der Waals surface area contributed by atoms with Crippen molar-refractivity contribution in [1.82, 2.24) is 20.1 Å². The van der Waals surface area contributed by atoms with Gasteiger partial charge in [-0.25, -0.2) is 13.4 Å². The number of hydrogen-bond donors (Lipinski definition) is 1. The minimum Gasteiger partial charge on any atom is -0.298 e. The van der Waals surface area contributed by atoms with Crippen molar-refractivity contribution >= 4 is 20.9 Å². The summed E-state index contributed by atoms with van der Waals surface area (Å²) < 4.78 is 25.2. The summed E-state index contributed by atoms with van der Waals surface area (Å²) in [7, 11) is -3.20. The van der Waals surface area contributed by atoms with Crippen molar-refractivity contribution < 1.29 is 8.42 Å². The molecule has 37 heavy (non-hydrogen) atoms. The van der Waals surface area contributed by atoms with E-state index in [4.69, 9.17) is 0 Å². The number of benzene rings is 2. The van der Waals surface area contributed by atoms with Crippen LogP contribution in [0.25, 0.3) is 33.4 Å². The number of pyridine rings is 1. The lowest BCUT2D eigenvalue weighted by Gasteiger charge is -2.46. The lowest BCUT2D eigenvalue weighted by Crippen LogP contribution is -2.53. The van der Waals surface area contributed by atoms with Crippen molar-refractivity contribution in [1.29, 1.82) is 0 Å². The lowest BCUT2D eigenvalue weighted by molar-refractivity contribution is 0.0311. The molecule has 1 N–H and O–H groups in total. The van der Waals surface area contributed by atoms with Crippen LogP contribution in [-0.4, -0.2) is 52.4 Å². The molecular weight excluding hydrogens is 480 g/mol. The van der Waals surface area contributed by atoms with Crippen LogP contribution in [-0.2, 0) is 22.7 Å². The molecule has 2 aromatic carbocycles. The van der Waals surface area contributed by atoms with E-state index in [2.05, 4.69) is 51.3 Å². The van der Waals surface area contributed by atoms with Gasteiger partial charge in [-0.2, -0.15) is 5.10 Å². The van der Waals surface area contributed by atoms with Crippen LogP contribution in [0.1, 0.15) is 50.2 Å². The summed E-state index contributed by atoms with van der Waals surface area (Å²) in [6.07, 6.45) is 9.46. The quantitative estimate of drug-likeness (QED) is 0.354. The van der Waals surface area contributed by atoms with Gasteiger partial charge < -0.3 is 0 Å². The minimum absolute atomic E-state index is 0.205. The number of sulfone groups is 1. The van der Waals surface area contributed by atoms with Gasteiger partial charge in [0.25, 0.3) is 0 Å². The largest absolute Gasteiger partial charge is 0.298 e. The summed E-state index contributed by atoms with van der Waals surface area (Å²) in [6.45, 7) is 4.94. The van der Waals surface area contributed by atoms with Crippen LogP contribution in [0.2, 0.25) is 0 Å². The highest BCUT2D eigenvalue weighted by Crippen LogP contribution is 2.38. The second-order valence-corrected chi connectivity index (χ2v) is 13.5. The molecule has 1 atom stereocenters. The number of nitrogens with zero attached hydrogens (tertiary/aromatic N) is 3. The third kappa shape index (κ3) is 3.99. The average Bonchev–Trinajstić information content (AvgIpc) is 3.68. The molecule has 1 aliphatic heterocycles. The van der Waals surface area contributed by atoms with Crippen LogP contribution in [0.3, 0.4) is 0 Å². The molecule has 1 saturated carbocycles. The van der Waals surface area contributed by atoms with E-state index in [0.717, 1.165) is 47.9 Å². The van der Waals surface area contributed by atoms with Crippen molar-refractivity contribution in [2.24, 2.45) is 0 Å². The highest BCUT2D eigenvalue weighted by atomic mass is 32.2. The molecule has 3 aliphatic rings. The van der Waals surface area contributed by atoms with Crippen LogP contribution >= 0.6 is 0 Å². The van der Waals surface area contributed by atoms with E-state index in [9.17, 15) is 8.42 Å². The Morgan fingerprint density at radius 2 is 1.65 bits per heavy atom. The number of aromatic nitrogens is 3. The second kappa shape index (κ2) is 8.50. The zero-order valence-electron chi connectivity index (χ0n) is 21.2. The zero-order chi connectivity index (χ0) is 25.2. The molecule has 190 valence electrons. The standard InChI is InChI=1S/C30H32N4O2S/c1-30(34-15-2-16-34)13-11-20-3-4-22(17-23(20)12-14-30)24-18-27-28(32-33-29(27)31-19-24)21-5-7-25(8-6-21)37(35,36)26-9-10-26/h3-8,17-19,26H,2,9-16H2,1H3,(H,31,32,33). The van der Waals surface area contributed by atoms with Crippen LogP contribution in [0.5, 0.6) is 0 Å². The number of H-pyrrole nitrogens is 1. The van der Waals surface area contributed by atoms with Gasteiger partial charge >= 0.3 is 0 Å². The molecule has 2 fully saturated rings. The monoisotopic (exact) mass is 512 g/mol. The van der Waals surface area contributed by atoms with E-state index in [1.807, 2.05) is 18.3 Å². The van der Waals surface area contributed by atoms with Gasteiger partial charge in [-0.05, 0) is 99.8 Å². The first-order valence-electron chi connectivity index (χ1n) is 13.5. The van der Waals surface area contributed by atoms with Crippen LogP contribution in [0.15, 0.2) is 59.6 Å². The maximum Gasteiger partial charge on any atom is 0.181 e. The SMILES string of the molecule is CC1(N2CCC2)CCc2ccc(-c3cnc4n[nH]c(-c5ccc(S(=O)(=O)C6CC6)cc5)c4c3)cc2CC1. The maximum absolute atomic E-state index is 12.6. The highest BCUT2D eigenvalue weighted by molar-refractivity contribution is 7.92. The number of fused-ring (bicyclic) bond motifs is 2. The van der Waals surface area contributed by atoms with Crippen molar-refractivity contribution in [3.8, 4) is 22.4 Å². The molecule has 2 aromatic heterocycles. The Balaban J connectivity index is 1.19. The highest BCUT2D eigenvalue weighted by Gasteiger charge is 2.37. The van der Waals surface area contributed by atoms with Gasteiger partial charge in [0.15, 0.2) is 15.5 Å². The van der Waals surface area contributed by atoms with Crippen LogP contribution in [0.4, 0.5) is 0 Å². The molecule has 0 bridgehead atoms. The van der Waals surface area contributed by atoms with Gasteiger partial charge in [-0.15, -0.1) is 0 Å². The summed E-state index contributed by atoms with van der Waals surface area (Å²) in [5.74, 6) is 0. The fourth-order valence-corrected chi connectivity index (χ4v) is 7.70. The Morgan fingerprint density at radius 1 is 0.919 bits per heavy atom. The summed E-state index contributed by atoms with van der Waals surface area (Å²) in [4.78, 5) is 7.71. The van der Waals surface area contributed by atoms with Crippen molar-refractivity contribution in [2.75, 3.05) is 13.1 Å². The van der Waals surface area contributed by atoms with Crippen LogP contribution in [0, 0.1) is 0 Å². The summed E-state index contributed by atoms with van der Waals surface area (Å²) in [6, 6.07) is 16.2. The molecule has 0 spiro atoms. The Kier molecular flexibility index (Phi) is 5.31. The topological polar surface area (TPSA) is 79.0 Å². The number of nitrogens with one attached hydrogen (secondary N) is 1. The van der Waals surface area contributed by atoms with Crippen LogP contribution < -0.4 is 0 Å². The number of aromatic amines is 1. The average molecular weight is 513 g/mol. The molecule has 7 heteroatoms. The van der Waals surface area contributed by atoms with Crippen molar-refractivity contribution in [3.63, 3.8) is 0 Å². The predicted molar refractivity (Wildman–Crippen MR) is 146 cm³/mol. The molecule has 0 amide bonds. The Labute approximate surface area is 218 Å². The van der Waals surface area contributed by atoms with E-state index in [1.165, 1.54) is 49.0 Å². The van der Waals surface area contributed by atoms with E-state index in [0.29, 0.717) is 16.1 Å². The smallest absolute Gasteiger partial charge is 0.181 e. The summed E-state index contributed by atoms with van der Waals surface area (Å²) >= 11 is 0. The Hall–Kier alpha value is -3.03. The molecule has 6 nitrogen and oxygen atoms in total. The third-order valence-corrected chi connectivity index (χ3v) is 11.1. The normalized spacial score (nSPS) is 22.4. The first kappa shape index (κ1) is 23.1. The summed E-state index contributed by atoms with van der Waals surface area (Å²) in [5, 5.41) is 8.27. The third-order valence-electron chi connectivity index (χ3n) is 8.87. The number of likely N-dealkylation sites (tertiary alicyclic amines) is 1. The minimum atomic E-state index is -3.20. The predicted octanol–water partition coefficient (Wildman–Crippen LogP) is 5.57. The molecule has 1 unspecified atom stereocenters. The van der Waals surface area contributed by atoms with Gasteiger partial charge in [0, 0.05) is 28.2 Å². The first-order chi connectivity index (χ1) is 17.9. The zero-order valence-corrected chi connectivity index (χ0v) is 22.0.